The Hall–Kier alpha value is -3.30. The number of aromatic hydroxyl groups is 1. The van der Waals surface area contributed by atoms with Crippen LogP contribution < -0.4 is 4.90 Å². The highest BCUT2D eigenvalue weighted by molar-refractivity contribution is 6.31. The molecule has 0 aliphatic heterocycles. The second-order valence-corrected chi connectivity index (χ2v) is 9.76. The Bertz CT molecular complexity index is 1220. The normalized spacial score (nSPS) is 11.1. The van der Waals surface area contributed by atoms with E-state index in [4.69, 9.17) is 11.6 Å². The lowest BCUT2D eigenvalue weighted by molar-refractivity contribution is 0.452. The summed E-state index contributed by atoms with van der Waals surface area (Å²) in [5.41, 5.74) is 6.26. The van der Waals surface area contributed by atoms with Gasteiger partial charge in [-0.2, -0.15) is 0 Å². The van der Waals surface area contributed by atoms with Crippen molar-refractivity contribution in [3.05, 3.63) is 129 Å². The summed E-state index contributed by atoms with van der Waals surface area (Å²) in [6.07, 6.45) is 0.369. The van der Waals surface area contributed by atoms with E-state index in [0.717, 1.165) is 29.9 Å². The van der Waals surface area contributed by atoms with E-state index in [9.17, 15) is 5.11 Å². The number of phenolic OH excluding ortho intramolecular Hbond substituents is 1. The molecule has 0 radical (unpaired) electrons. The van der Waals surface area contributed by atoms with Crippen molar-refractivity contribution in [1.82, 2.24) is 0 Å². The van der Waals surface area contributed by atoms with Crippen molar-refractivity contribution in [2.24, 2.45) is 0 Å². The molecule has 0 saturated heterocycles. The average molecular weight is 488 g/mol. The van der Waals surface area contributed by atoms with Crippen LogP contribution in [0.3, 0.4) is 0 Å². The first-order valence-electron chi connectivity index (χ1n) is 12.0. The molecule has 4 aromatic rings. The average Bonchev–Trinajstić information content (AvgIpc) is 2.83. The quantitative estimate of drug-likeness (QED) is 0.269. The minimum atomic E-state index is -0.352. The maximum absolute atomic E-state index is 15.2. The largest absolute Gasteiger partial charge is 0.508 e. The summed E-state index contributed by atoms with van der Waals surface area (Å²) in [6.45, 7) is 7.27. The summed E-state index contributed by atoms with van der Waals surface area (Å²) < 4.78 is 15.2. The minimum Gasteiger partial charge on any atom is -0.508 e. The maximum Gasteiger partial charge on any atom is 0.133 e. The fraction of sp³-hybridized carbons (Fsp3) is 0.226. The van der Waals surface area contributed by atoms with Gasteiger partial charge >= 0.3 is 0 Å². The minimum absolute atomic E-state index is 0.00289. The molecule has 0 bridgehead atoms. The van der Waals surface area contributed by atoms with Gasteiger partial charge in [0.15, 0.2) is 0 Å². The summed E-state index contributed by atoms with van der Waals surface area (Å²) in [4.78, 5) is 2.31. The van der Waals surface area contributed by atoms with Gasteiger partial charge < -0.3 is 10.0 Å². The van der Waals surface area contributed by atoms with Crippen LogP contribution in [0.1, 0.15) is 53.1 Å². The summed E-state index contributed by atoms with van der Waals surface area (Å²) in [5, 5.41) is 10.7. The molecule has 0 atom stereocenters. The van der Waals surface area contributed by atoms with Crippen molar-refractivity contribution in [1.29, 1.82) is 0 Å². The smallest absolute Gasteiger partial charge is 0.133 e. The summed E-state index contributed by atoms with van der Waals surface area (Å²) in [7, 11) is 0. The second kappa shape index (κ2) is 11.0. The monoisotopic (exact) mass is 487 g/mol. The third kappa shape index (κ3) is 5.86. The van der Waals surface area contributed by atoms with Crippen LogP contribution in [0.2, 0.25) is 5.02 Å². The summed E-state index contributed by atoms with van der Waals surface area (Å²) in [5.74, 6) is -0.468. The summed E-state index contributed by atoms with van der Waals surface area (Å²) in [6, 6.07) is 28.1. The topological polar surface area (TPSA) is 23.5 Å². The molecule has 4 aromatic carbocycles. The highest BCUT2D eigenvalue weighted by Crippen LogP contribution is 2.34. The predicted molar refractivity (Wildman–Crippen MR) is 144 cm³/mol. The Morgan fingerprint density at radius 1 is 0.857 bits per heavy atom. The van der Waals surface area contributed by atoms with E-state index in [0.29, 0.717) is 22.6 Å². The van der Waals surface area contributed by atoms with Gasteiger partial charge in [0.2, 0.25) is 0 Å². The van der Waals surface area contributed by atoms with Gasteiger partial charge in [-0.3, -0.25) is 0 Å². The number of halogens is 2. The third-order valence-electron chi connectivity index (χ3n) is 6.38. The van der Waals surface area contributed by atoms with E-state index in [1.165, 1.54) is 11.1 Å². The number of hydrogen-bond donors (Lipinski definition) is 1. The number of nitrogens with zero attached hydrogens (tertiary/aromatic N) is 1. The lowest BCUT2D eigenvalue weighted by Crippen LogP contribution is -2.22. The molecule has 0 fully saturated rings. The first kappa shape index (κ1) is 24.8. The van der Waals surface area contributed by atoms with Gasteiger partial charge in [-0.1, -0.05) is 92.2 Å². The van der Waals surface area contributed by atoms with Crippen molar-refractivity contribution in [3.8, 4) is 5.75 Å². The van der Waals surface area contributed by atoms with Crippen molar-refractivity contribution >= 4 is 17.3 Å². The first-order valence-corrected chi connectivity index (χ1v) is 12.3. The SMILES string of the molecule is Cc1cc(N(Cc2ccccc2)Cc2ccccc2)cc(Cl)c1Cc1ccc(O)c(C(C)C)c1F. The molecule has 2 nitrogen and oxygen atoms in total. The molecule has 0 aliphatic carbocycles. The molecule has 0 aliphatic rings. The Morgan fingerprint density at radius 2 is 1.43 bits per heavy atom. The zero-order chi connectivity index (χ0) is 24.9. The fourth-order valence-electron chi connectivity index (χ4n) is 4.51. The van der Waals surface area contributed by atoms with Crippen LogP contribution in [0.5, 0.6) is 5.75 Å². The van der Waals surface area contributed by atoms with E-state index in [-0.39, 0.29) is 17.5 Å². The molecule has 0 saturated carbocycles. The maximum atomic E-state index is 15.2. The van der Waals surface area contributed by atoms with Gasteiger partial charge in [0, 0.05) is 35.8 Å². The molecule has 35 heavy (non-hydrogen) atoms. The van der Waals surface area contributed by atoms with Gasteiger partial charge in [0.05, 0.1) is 0 Å². The van der Waals surface area contributed by atoms with E-state index >= 15 is 4.39 Å². The Morgan fingerprint density at radius 3 is 1.94 bits per heavy atom. The van der Waals surface area contributed by atoms with Crippen LogP contribution in [0.15, 0.2) is 84.9 Å². The van der Waals surface area contributed by atoms with E-state index < -0.39 is 0 Å². The van der Waals surface area contributed by atoms with E-state index in [1.54, 1.807) is 12.1 Å². The molecule has 180 valence electrons. The first-order chi connectivity index (χ1) is 16.8. The predicted octanol–water partition coefficient (Wildman–Crippen LogP) is 8.41. The van der Waals surface area contributed by atoms with Crippen LogP contribution in [-0.2, 0) is 19.5 Å². The van der Waals surface area contributed by atoms with Crippen LogP contribution in [0.25, 0.3) is 0 Å². The van der Waals surface area contributed by atoms with Crippen molar-refractivity contribution in [2.75, 3.05) is 4.90 Å². The number of phenols is 1. The lowest BCUT2D eigenvalue weighted by atomic mass is 9.94. The van der Waals surface area contributed by atoms with Crippen molar-refractivity contribution in [2.45, 2.75) is 46.2 Å². The highest BCUT2D eigenvalue weighted by atomic mass is 35.5. The second-order valence-electron chi connectivity index (χ2n) is 9.35. The highest BCUT2D eigenvalue weighted by Gasteiger charge is 2.19. The Kier molecular flexibility index (Phi) is 7.77. The molecular weight excluding hydrogens is 457 g/mol. The van der Waals surface area contributed by atoms with Gasteiger partial charge in [-0.25, -0.2) is 4.39 Å². The molecule has 0 amide bonds. The van der Waals surface area contributed by atoms with Crippen molar-refractivity contribution < 1.29 is 9.50 Å². The zero-order valence-corrected chi connectivity index (χ0v) is 21.2. The molecule has 1 N–H and O–H groups in total. The number of benzene rings is 4. The van der Waals surface area contributed by atoms with Gasteiger partial charge in [-0.15, -0.1) is 0 Å². The Balaban J connectivity index is 1.68. The molecule has 4 rings (SSSR count). The Labute approximate surface area is 212 Å². The number of anilines is 1. The number of aryl methyl sites for hydroxylation is 1. The molecule has 0 aromatic heterocycles. The van der Waals surface area contributed by atoms with E-state index in [2.05, 4.69) is 59.5 Å². The van der Waals surface area contributed by atoms with Crippen LogP contribution >= 0.6 is 11.6 Å². The van der Waals surface area contributed by atoms with Crippen LogP contribution in [0.4, 0.5) is 10.1 Å². The molecule has 4 heteroatoms. The van der Waals surface area contributed by atoms with Crippen LogP contribution in [0, 0.1) is 12.7 Å². The summed E-state index contributed by atoms with van der Waals surface area (Å²) >= 11 is 6.82. The zero-order valence-electron chi connectivity index (χ0n) is 20.4. The van der Waals surface area contributed by atoms with Gasteiger partial charge in [0.25, 0.3) is 0 Å². The van der Waals surface area contributed by atoms with Crippen molar-refractivity contribution in [3.63, 3.8) is 0 Å². The fourth-order valence-corrected chi connectivity index (χ4v) is 4.84. The lowest BCUT2D eigenvalue weighted by Gasteiger charge is -2.27. The standard InChI is InChI=1S/C31H31ClFNO/c1-21(2)30-29(35)15-14-25(31(30)33)17-27-22(3)16-26(18-28(27)32)34(19-23-10-6-4-7-11-23)20-24-12-8-5-9-13-24/h4-16,18,21,35H,17,19-20H2,1-3H3. The molecular formula is C31H31ClFNO. The molecule has 0 spiro atoms. The van der Waals surface area contributed by atoms with E-state index in [1.807, 2.05) is 39.0 Å². The molecule has 0 heterocycles. The number of rotatable bonds is 8. The third-order valence-corrected chi connectivity index (χ3v) is 6.72. The van der Waals surface area contributed by atoms with Gasteiger partial charge in [0.1, 0.15) is 11.6 Å². The number of hydrogen-bond acceptors (Lipinski definition) is 2. The molecule has 0 unspecified atom stereocenters. The van der Waals surface area contributed by atoms with Gasteiger partial charge in [-0.05, 0) is 58.9 Å². The van der Waals surface area contributed by atoms with Crippen LogP contribution in [-0.4, -0.2) is 5.11 Å².